The van der Waals surface area contributed by atoms with Crippen LogP contribution in [0.1, 0.15) is 57.6 Å². The van der Waals surface area contributed by atoms with Crippen LogP contribution in [0.3, 0.4) is 0 Å². The molecule has 2 heterocycles. The molecule has 9 heteroatoms. The molecule has 29 heavy (non-hydrogen) atoms. The van der Waals surface area contributed by atoms with E-state index in [4.69, 9.17) is 22.3 Å². The van der Waals surface area contributed by atoms with Crippen molar-refractivity contribution < 1.29 is 9.59 Å². The zero-order valence-electron chi connectivity index (χ0n) is 15.4. The van der Waals surface area contributed by atoms with Crippen molar-refractivity contribution in [2.24, 2.45) is 11.1 Å². The zero-order chi connectivity index (χ0) is 20.2. The number of nitrogens with two attached hydrogens (primary N) is 1. The van der Waals surface area contributed by atoms with Crippen LogP contribution in [0.4, 0.5) is 0 Å². The second-order valence-electron chi connectivity index (χ2n) is 8.00. The molecule has 0 radical (unpaired) electrons. The smallest absolute Gasteiger partial charge is 0.270 e. The summed E-state index contributed by atoms with van der Waals surface area (Å²) in [7, 11) is 0. The number of hydrogen-bond acceptors (Lipinski definition) is 6. The first-order valence-electron chi connectivity index (χ1n) is 9.39. The Hall–Kier alpha value is -2.58. The van der Waals surface area contributed by atoms with Gasteiger partial charge in [-0.25, -0.2) is 15.0 Å². The van der Waals surface area contributed by atoms with E-state index in [0.717, 1.165) is 31.2 Å². The summed E-state index contributed by atoms with van der Waals surface area (Å²) >= 11 is 7.80. The van der Waals surface area contributed by atoms with Crippen LogP contribution in [0.25, 0.3) is 10.2 Å². The molecule has 0 unspecified atom stereocenters. The number of aromatic nitrogens is 3. The second kappa shape index (κ2) is 6.74. The third-order valence-corrected chi connectivity index (χ3v) is 7.35. The lowest BCUT2D eigenvalue weighted by Gasteiger charge is -2.57. The number of thiazole rings is 1. The van der Waals surface area contributed by atoms with E-state index in [9.17, 15) is 9.59 Å². The molecule has 1 spiro atoms. The number of rotatable bonds is 4. The summed E-state index contributed by atoms with van der Waals surface area (Å²) in [6, 6.07) is 7.29. The van der Waals surface area contributed by atoms with Gasteiger partial charge in [0.05, 0.1) is 15.2 Å². The lowest BCUT2D eigenvalue weighted by molar-refractivity contribution is -0.0188. The van der Waals surface area contributed by atoms with Gasteiger partial charge >= 0.3 is 0 Å². The summed E-state index contributed by atoms with van der Waals surface area (Å²) in [6.45, 7) is 0. The third-order valence-electron chi connectivity index (χ3n) is 5.92. The van der Waals surface area contributed by atoms with Gasteiger partial charge in [0, 0.05) is 23.0 Å². The van der Waals surface area contributed by atoms with Gasteiger partial charge in [-0.2, -0.15) is 0 Å². The summed E-state index contributed by atoms with van der Waals surface area (Å²) in [5, 5.41) is 4.89. The highest BCUT2D eigenvalue weighted by Gasteiger charge is 2.54. The first kappa shape index (κ1) is 18.4. The minimum atomic E-state index is -0.679. The number of carbonyl (C=O) groups excluding carboxylic acids is 2. The third kappa shape index (κ3) is 3.36. The molecule has 2 aromatic heterocycles. The van der Waals surface area contributed by atoms with Gasteiger partial charge in [-0.3, -0.25) is 9.59 Å². The minimum absolute atomic E-state index is 0.0363. The van der Waals surface area contributed by atoms with Crippen molar-refractivity contribution in [3.05, 3.63) is 52.0 Å². The fourth-order valence-corrected chi connectivity index (χ4v) is 5.76. The van der Waals surface area contributed by atoms with Crippen molar-refractivity contribution in [2.75, 3.05) is 0 Å². The molecule has 2 fully saturated rings. The average molecular weight is 428 g/mol. The van der Waals surface area contributed by atoms with Crippen LogP contribution in [-0.2, 0) is 0 Å². The molecule has 3 N–H and O–H groups in total. The molecule has 2 saturated carbocycles. The molecule has 0 saturated heterocycles. The molecule has 2 aliphatic rings. The Morgan fingerprint density at radius 3 is 2.66 bits per heavy atom. The molecule has 1 aromatic carbocycles. The van der Waals surface area contributed by atoms with E-state index >= 15 is 0 Å². The molecule has 5 rings (SSSR count). The van der Waals surface area contributed by atoms with E-state index in [1.165, 1.54) is 22.1 Å². The van der Waals surface area contributed by atoms with Crippen molar-refractivity contribution in [1.82, 2.24) is 20.3 Å². The SMILES string of the molecule is NC(=O)c1cc(C(=O)N[C@H]2CC3(C2)C[C@H](c2nc4cc(Cl)ccc4s2)C3)ncn1. The fourth-order valence-electron chi connectivity index (χ4n) is 4.55. The van der Waals surface area contributed by atoms with E-state index in [1.54, 1.807) is 11.3 Å². The largest absolute Gasteiger partial charge is 0.364 e. The van der Waals surface area contributed by atoms with Crippen molar-refractivity contribution >= 4 is 45.0 Å². The van der Waals surface area contributed by atoms with Crippen molar-refractivity contribution in [3.8, 4) is 0 Å². The Morgan fingerprint density at radius 2 is 1.90 bits per heavy atom. The van der Waals surface area contributed by atoms with Crippen molar-refractivity contribution in [1.29, 1.82) is 0 Å². The number of amides is 2. The van der Waals surface area contributed by atoms with Gasteiger partial charge in [0.1, 0.15) is 17.7 Å². The molecule has 0 bridgehead atoms. The first-order chi connectivity index (χ1) is 13.9. The molecule has 2 aliphatic carbocycles. The molecule has 0 aliphatic heterocycles. The molecular formula is C20H18ClN5O2S. The Labute approximate surface area is 175 Å². The van der Waals surface area contributed by atoms with E-state index in [2.05, 4.69) is 15.3 Å². The van der Waals surface area contributed by atoms with Gasteiger partial charge in [0.25, 0.3) is 11.8 Å². The molecule has 7 nitrogen and oxygen atoms in total. The van der Waals surface area contributed by atoms with Crippen LogP contribution < -0.4 is 11.1 Å². The van der Waals surface area contributed by atoms with Gasteiger partial charge in [0.2, 0.25) is 0 Å². The maximum absolute atomic E-state index is 12.4. The number of fused-ring (bicyclic) bond motifs is 1. The van der Waals surface area contributed by atoms with Crippen molar-refractivity contribution in [3.63, 3.8) is 0 Å². The van der Waals surface area contributed by atoms with E-state index in [-0.39, 0.29) is 23.3 Å². The highest BCUT2D eigenvalue weighted by atomic mass is 35.5. The number of benzene rings is 1. The lowest BCUT2D eigenvalue weighted by Crippen LogP contribution is -2.55. The second-order valence-corrected chi connectivity index (χ2v) is 9.50. The van der Waals surface area contributed by atoms with E-state index in [1.807, 2.05) is 18.2 Å². The molecule has 2 amide bonds. The normalized spacial score (nSPS) is 25.4. The van der Waals surface area contributed by atoms with Crippen LogP contribution in [0.5, 0.6) is 0 Å². The fraction of sp³-hybridized carbons (Fsp3) is 0.350. The van der Waals surface area contributed by atoms with Crippen LogP contribution in [0.2, 0.25) is 5.02 Å². The first-order valence-corrected chi connectivity index (χ1v) is 10.6. The predicted octanol–water partition coefficient (Wildman–Crippen LogP) is 3.29. The number of nitrogens with zero attached hydrogens (tertiary/aromatic N) is 3. The van der Waals surface area contributed by atoms with Crippen LogP contribution >= 0.6 is 22.9 Å². The lowest BCUT2D eigenvalue weighted by atomic mass is 9.50. The van der Waals surface area contributed by atoms with Gasteiger partial charge in [0.15, 0.2) is 0 Å². The molecule has 148 valence electrons. The monoisotopic (exact) mass is 427 g/mol. The highest BCUT2D eigenvalue weighted by Crippen LogP contribution is 2.62. The summed E-state index contributed by atoms with van der Waals surface area (Å²) < 4.78 is 1.17. The van der Waals surface area contributed by atoms with Crippen LogP contribution in [-0.4, -0.2) is 32.8 Å². The molecule has 3 aromatic rings. The topological polar surface area (TPSA) is 111 Å². The van der Waals surface area contributed by atoms with Crippen LogP contribution in [0, 0.1) is 5.41 Å². The Kier molecular flexibility index (Phi) is 4.29. The summed E-state index contributed by atoms with van der Waals surface area (Å²) in [5.41, 5.74) is 6.68. The Bertz CT molecular complexity index is 1130. The number of carbonyl (C=O) groups is 2. The number of primary amides is 1. The number of hydrogen-bond donors (Lipinski definition) is 2. The highest BCUT2D eigenvalue weighted by molar-refractivity contribution is 7.18. The maximum atomic E-state index is 12.4. The quantitative estimate of drug-likeness (QED) is 0.663. The van der Waals surface area contributed by atoms with Gasteiger partial charge in [-0.1, -0.05) is 11.6 Å². The standard InChI is InChI=1S/C20H18ClN5O2S/c21-11-1-2-16-13(3-11)26-19(29-16)10-5-20(6-10)7-12(8-20)25-18(28)15-4-14(17(22)27)23-9-24-15/h1-4,9-10,12H,5-8H2,(H2,22,27)(H,25,28)/t10-,12-,20?. The minimum Gasteiger partial charge on any atom is -0.364 e. The van der Waals surface area contributed by atoms with Crippen LogP contribution in [0.15, 0.2) is 30.6 Å². The molecule has 0 atom stereocenters. The molecular weight excluding hydrogens is 410 g/mol. The number of nitrogens with one attached hydrogen (secondary N) is 1. The maximum Gasteiger partial charge on any atom is 0.270 e. The average Bonchev–Trinajstić information content (AvgIpc) is 3.04. The van der Waals surface area contributed by atoms with Gasteiger partial charge in [-0.15, -0.1) is 11.3 Å². The van der Waals surface area contributed by atoms with Crippen molar-refractivity contribution in [2.45, 2.75) is 37.6 Å². The predicted molar refractivity (Wildman–Crippen MR) is 110 cm³/mol. The summed E-state index contributed by atoms with van der Waals surface area (Å²) in [5.74, 6) is -0.488. The zero-order valence-corrected chi connectivity index (χ0v) is 17.0. The Morgan fingerprint density at radius 1 is 1.14 bits per heavy atom. The van der Waals surface area contributed by atoms with E-state index in [0.29, 0.717) is 16.4 Å². The van der Waals surface area contributed by atoms with E-state index < -0.39 is 5.91 Å². The summed E-state index contributed by atoms with van der Waals surface area (Å²) in [4.78, 5) is 36.0. The summed E-state index contributed by atoms with van der Waals surface area (Å²) in [6.07, 6.45) is 5.30. The number of halogens is 1. The van der Waals surface area contributed by atoms with Gasteiger partial charge in [-0.05, 0) is 49.3 Å². The van der Waals surface area contributed by atoms with Gasteiger partial charge < -0.3 is 11.1 Å². The Balaban J connectivity index is 1.17.